The standard InChI is InChI=1S/C21H20O6/c1-24-19-13-21(23)27-20-12-16(8-9-17(19)20)25-10-4-5-11-26-18-7-3-2-6-15(18)14-22/h2-3,6-9,12-14H,4-5,10-11H2,1H3. The minimum absolute atomic E-state index is 0.422. The lowest BCUT2D eigenvalue weighted by Crippen LogP contribution is -2.04. The molecule has 1 aromatic heterocycles. The highest BCUT2D eigenvalue weighted by atomic mass is 16.5. The number of para-hydroxylation sites is 1. The predicted molar refractivity (Wildman–Crippen MR) is 101 cm³/mol. The van der Waals surface area contributed by atoms with E-state index >= 15 is 0 Å². The summed E-state index contributed by atoms with van der Waals surface area (Å²) >= 11 is 0. The molecule has 1 heterocycles. The van der Waals surface area contributed by atoms with Gasteiger partial charge in [0.05, 0.1) is 37.3 Å². The van der Waals surface area contributed by atoms with Gasteiger partial charge in [0.25, 0.3) is 0 Å². The van der Waals surface area contributed by atoms with Gasteiger partial charge < -0.3 is 18.6 Å². The number of fused-ring (bicyclic) bond motifs is 1. The summed E-state index contributed by atoms with van der Waals surface area (Å²) < 4.78 is 21.7. The third kappa shape index (κ3) is 4.67. The highest BCUT2D eigenvalue weighted by Gasteiger charge is 2.07. The van der Waals surface area contributed by atoms with Crippen molar-refractivity contribution in [3.63, 3.8) is 0 Å². The molecule has 0 aliphatic carbocycles. The van der Waals surface area contributed by atoms with Crippen LogP contribution in [0.5, 0.6) is 17.2 Å². The Balaban J connectivity index is 1.49. The highest BCUT2D eigenvalue weighted by Crippen LogP contribution is 2.27. The molecule has 0 saturated heterocycles. The van der Waals surface area contributed by atoms with Crippen LogP contribution in [0.2, 0.25) is 0 Å². The molecule has 0 saturated carbocycles. The minimum Gasteiger partial charge on any atom is -0.496 e. The van der Waals surface area contributed by atoms with Gasteiger partial charge in [-0.2, -0.15) is 0 Å². The summed E-state index contributed by atoms with van der Waals surface area (Å²) in [7, 11) is 1.51. The molecule has 3 aromatic rings. The first-order valence-electron chi connectivity index (χ1n) is 8.63. The number of carbonyl (C=O) groups is 1. The number of methoxy groups -OCH3 is 1. The molecule has 0 radical (unpaired) electrons. The number of ether oxygens (including phenoxy) is 3. The van der Waals surface area contributed by atoms with Crippen molar-refractivity contribution in [3.05, 3.63) is 64.5 Å². The quantitative estimate of drug-likeness (QED) is 0.324. The van der Waals surface area contributed by atoms with Crippen LogP contribution in [0.1, 0.15) is 23.2 Å². The van der Waals surface area contributed by atoms with Crippen molar-refractivity contribution in [3.8, 4) is 17.2 Å². The van der Waals surface area contributed by atoms with Crippen molar-refractivity contribution in [2.24, 2.45) is 0 Å². The third-order valence-electron chi connectivity index (χ3n) is 4.01. The monoisotopic (exact) mass is 368 g/mol. The maximum Gasteiger partial charge on any atom is 0.339 e. The van der Waals surface area contributed by atoms with Crippen molar-refractivity contribution in [1.82, 2.24) is 0 Å². The van der Waals surface area contributed by atoms with E-state index in [1.165, 1.54) is 13.2 Å². The lowest BCUT2D eigenvalue weighted by molar-refractivity contribution is 0.111. The van der Waals surface area contributed by atoms with Gasteiger partial charge in [-0.25, -0.2) is 4.79 Å². The Kier molecular flexibility index (Phi) is 6.10. The van der Waals surface area contributed by atoms with Crippen molar-refractivity contribution < 1.29 is 23.4 Å². The molecule has 6 nitrogen and oxygen atoms in total. The Labute approximate surface area is 156 Å². The normalized spacial score (nSPS) is 10.6. The summed E-state index contributed by atoms with van der Waals surface area (Å²) in [6.45, 7) is 0.996. The van der Waals surface area contributed by atoms with Crippen molar-refractivity contribution in [1.29, 1.82) is 0 Å². The number of benzene rings is 2. The van der Waals surface area contributed by atoms with Crippen molar-refractivity contribution in [2.75, 3.05) is 20.3 Å². The zero-order valence-electron chi connectivity index (χ0n) is 15.0. The number of rotatable bonds is 9. The van der Waals surface area contributed by atoms with Crippen LogP contribution < -0.4 is 19.8 Å². The first-order chi connectivity index (χ1) is 13.2. The molecule has 0 atom stereocenters. The molecule has 0 fully saturated rings. The molecule has 0 aliphatic heterocycles. The highest BCUT2D eigenvalue weighted by molar-refractivity contribution is 5.84. The fourth-order valence-electron chi connectivity index (χ4n) is 2.66. The molecule has 0 unspecified atom stereocenters. The van der Waals surface area contributed by atoms with Crippen LogP contribution >= 0.6 is 0 Å². The van der Waals surface area contributed by atoms with Crippen LogP contribution in [0, 0.1) is 0 Å². The Morgan fingerprint density at radius 1 is 0.963 bits per heavy atom. The van der Waals surface area contributed by atoms with E-state index in [9.17, 15) is 9.59 Å². The summed E-state index contributed by atoms with van der Waals surface area (Å²) in [4.78, 5) is 22.5. The van der Waals surface area contributed by atoms with E-state index in [4.69, 9.17) is 18.6 Å². The fourth-order valence-corrected chi connectivity index (χ4v) is 2.66. The Morgan fingerprint density at radius 2 is 1.74 bits per heavy atom. The van der Waals surface area contributed by atoms with E-state index in [0.29, 0.717) is 47.0 Å². The summed E-state index contributed by atoms with van der Waals surface area (Å²) in [5, 5.41) is 0.715. The van der Waals surface area contributed by atoms with Crippen molar-refractivity contribution in [2.45, 2.75) is 12.8 Å². The van der Waals surface area contributed by atoms with Crippen LogP contribution in [-0.2, 0) is 0 Å². The predicted octanol–water partition coefficient (Wildman–Crippen LogP) is 3.85. The Morgan fingerprint density at radius 3 is 2.52 bits per heavy atom. The van der Waals surface area contributed by atoms with Gasteiger partial charge >= 0.3 is 5.63 Å². The molecule has 0 bridgehead atoms. The number of unbranched alkanes of at least 4 members (excludes halogenated alkanes) is 1. The fraction of sp³-hybridized carbons (Fsp3) is 0.238. The number of carbonyl (C=O) groups excluding carboxylic acids is 1. The van der Waals surface area contributed by atoms with E-state index in [1.807, 2.05) is 12.1 Å². The topological polar surface area (TPSA) is 75.0 Å². The van der Waals surface area contributed by atoms with Crippen LogP contribution in [-0.4, -0.2) is 26.6 Å². The van der Waals surface area contributed by atoms with E-state index in [1.54, 1.807) is 30.3 Å². The lowest BCUT2D eigenvalue weighted by Gasteiger charge is -2.10. The molecule has 0 amide bonds. The zero-order chi connectivity index (χ0) is 19.1. The molecule has 27 heavy (non-hydrogen) atoms. The number of hydrogen-bond acceptors (Lipinski definition) is 6. The molecular weight excluding hydrogens is 348 g/mol. The van der Waals surface area contributed by atoms with Crippen LogP contribution in [0.4, 0.5) is 0 Å². The summed E-state index contributed by atoms with van der Waals surface area (Å²) in [5.74, 6) is 1.68. The average molecular weight is 368 g/mol. The Bertz CT molecular complexity index is 976. The van der Waals surface area contributed by atoms with E-state index in [-0.39, 0.29) is 0 Å². The largest absolute Gasteiger partial charge is 0.496 e. The molecule has 0 aliphatic rings. The van der Waals surface area contributed by atoms with E-state index in [2.05, 4.69) is 0 Å². The first-order valence-corrected chi connectivity index (χ1v) is 8.63. The summed E-state index contributed by atoms with van der Waals surface area (Å²) in [5.41, 5.74) is 0.497. The van der Waals surface area contributed by atoms with Gasteiger partial charge in [0.15, 0.2) is 6.29 Å². The Hall–Kier alpha value is -3.28. The molecule has 0 N–H and O–H groups in total. The summed E-state index contributed by atoms with van der Waals surface area (Å²) in [6.07, 6.45) is 2.35. The maximum absolute atomic E-state index is 11.5. The molecule has 140 valence electrons. The van der Waals surface area contributed by atoms with Crippen LogP contribution in [0.25, 0.3) is 11.0 Å². The number of aldehydes is 1. The molecule has 3 rings (SSSR count). The molecule has 0 spiro atoms. The van der Waals surface area contributed by atoms with E-state index in [0.717, 1.165) is 19.1 Å². The van der Waals surface area contributed by atoms with Gasteiger partial charge in [-0.1, -0.05) is 12.1 Å². The van der Waals surface area contributed by atoms with Gasteiger partial charge in [-0.15, -0.1) is 0 Å². The second kappa shape index (κ2) is 8.89. The van der Waals surface area contributed by atoms with Gasteiger partial charge in [0.2, 0.25) is 0 Å². The van der Waals surface area contributed by atoms with Crippen LogP contribution in [0.3, 0.4) is 0 Å². The molecule has 6 heteroatoms. The smallest absolute Gasteiger partial charge is 0.339 e. The summed E-state index contributed by atoms with van der Waals surface area (Å²) in [6, 6.07) is 13.7. The second-order valence-electron chi connectivity index (χ2n) is 5.85. The van der Waals surface area contributed by atoms with Crippen molar-refractivity contribution >= 4 is 17.3 Å². The average Bonchev–Trinajstić information content (AvgIpc) is 2.69. The first kappa shape index (κ1) is 18.5. The number of hydrogen-bond donors (Lipinski definition) is 0. The van der Waals surface area contributed by atoms with E-state index < -0.39 is 5.63 Å². The zero-order valence-corrected chi connectivity index (χ0v) is 15.0. The molecular formula is C21H20O6. The second-order valence-corrected chi connectivity index (χ2v) is 5.85. The van der Waals surface area contributed by atoms with Gasteiger partial charge in [0, 0.05) is 6.07 Å². The maximum atomic E-state index is 11.5. The van der Waals surface area contributed by atoms with Gasteiger partial charge in [-0.05, 0) is 37.1 Å². The van der Waals surface area contributed by atoms with Gasteiger partial charge in [-0.3, -0.25) is 4.79 Å². The minimum atomic E-state index is -0.468. The lowest BCUT2D eigenvalue weighted by atomic mass is 10.2. The van der Waals surface area contributed by atoms with Gasteiger partial charge in [0.1, 0.15) is 22.8 Å². The SMILES string of the molecule is COc1cc(=O)oc2cc(OCCCCOc3ccccc3C=O)ccc12. The third-order valence-corrected chi connectivity index (χ3v) is 4.01. The van der Waals surface area contributed by atoms with Crippen LogP contribution in [0.15, 0.2) is 57.7 Å². The molecule has 2 aromatic carbocycles.